The van der Waals surface area contributed by atoms with E-state index in [1.165, 1.54) is 30.5 Å². The van der Waals surface area contributed by atoms with Gasteiger partial charge in [-0.05, 0) is 64.4 Å². The standard InChI is InChI=1S/C29H26F4/c1-2-3-4-5-19-6-8-20(9-7-19)21-10-12-26(28(32)16-21)22-11-13-27(29(33)17-22)23-14-24(30)18-25(31)15-23/h6-16,18,29H,2-5,17H2,1H3. The van der Waals surface area contributed by atoms with Gasteiger partial charge in [0.2, 0.25) is 0 Å². The van der Waals surface area contributed by atoms with Gasteiger partial charge in [0.25, 0.3) is 0 Å². The number of allylic oxidation sites excluding steroid dienone is 4. The minimum Gasteiger partial charge on any atom is -0.242 e. The van der Waals surface area contributed by atoms with Gasteiger partial charge in [-0.25, -0.2) is 17.6 Å². The summed E-state index contributed by atoms with van der Waals surface area (Å²) in [6.07, 6.45) is 6.15. The molecule has 0 N–H and O–H groups in total. The van der Waals surface area contributed by atoms with Crippen molar-refractivity contribution in [2.24, 2.45) is 0 Å². The van der Waals surface area contributed by atoms with Crippen LogP contribution in [0.25, 0.3) is 22.3 Å². The summed E-state index contributed by atoms with van der Waals surface area (Å²) >= 11 is 0. The summed E-state index contributed by atoms with van der Waals surface area (Å²) in [7, 11) is 0. The molecule has 1 aliphatic carbocycles. The third kappa shape index (κ3) is 5.44. The van der Waals surface area contributed by atoms with Crippen LogP contribution in [0, 0.1) is 17.5 Å². The van der Waals surface area contributed by atoms with Gasteiger partial charge < -0.3 is 0 Å². The van der Waals surface area contributed by atoms with Crippen LogP contribution in [0.3, 0.4) is 0 Å². The number of benzene rings is 3. The Balaban J connectivity index is 1.54. The third-order valence-corrected chi connectivity index (χ3v) is 6.07. The van der Waals surface area contributed by atoms with E-state index in [9.17, 15) is 17.6 Å². The van der Waals surface area contributed by atoms with Crippen molar-refractivity contribution >= 4 is 11.1 Å². The molecule has 4 rings (SSSR count). The van der Waals surface area contributed by atoms with Crippen LogP contribution in [-0.2, 0) is 6.42 Å². The maximum atomic E-state index is 15.0. The summed E-state index contributed by atoms with van der Waals surface area (Å²) in [6, 6.07) is 16.1. The van der Waals surface area contributed by atoms with Gasteiger partial charge in [-0.15, -0.1) is 0 Å². The Kier molecular flexibility index (Phi) is 7.12. The van der Waals surface area contributed by atoms with Gasteiger partial charge in [-0.1, -0.05) is 68.3 Å². The molecule has 0 fully saturated rings. The average Bonchev–Trinajstić information content (AvgIpc) is 2.79. The molecule has 0 bridgehead atoms. The molecule has 0 saturated carbocycles. The summed E-state index contributed by atoms with van der Waals surface area (Å²) in [5.74, 6) is -1.95. The number of alkyl halides is 1. The molecule has 0 aromatic heterocycles. The monoisotopic (exact) mass is 450 g/mol. The molecule has 3 aromatic rings. The van der Waals surface area contributed by atoms with Gasteiger partial charge in [0.05, 0.1) is 0 Å². The topological polar surface area (TPSA) is 0 Å². The Morgan fingerprint density at radius 3 is 2.09 bits per heavy atom. The van der Waals surface area contributed by atoms with E-state index >= 15 is 0 Å². The average molecular weight is 451 g/mol. The number of rotatable bonds is 7. The zero-order valence-corrected chi connectivity index (χ0v) is 18.6. The van der Waals surface area contributed by atoms with E-state index in [0.29, 0.717) is 11.1 Å². The highest BCUT2D eigenvalue weighted by atomic mass is 19.1. The van der Waals surface area contributed by atoms with Gasteiger partial charge in [0, 0.05) is 18.1 Å². The molecule has 4 heteroatoms. The molecule has 0 spiro atoms. The number of hydrogen-bond donors (Lipinski definition) is 0. The Morgan fingerprint density at radius 2 is 1.45 bits per heavy atom. The molecule has 3 aromatic carbocycles. The zero-order chi connectivity index (χ0) is 23.4. The summed E-state index contributed by atoms with van der Waals surface area (Å²) in [4.78, 5) is 0. The Hall–Kier alpha value is -3.14. The van der Waals surface area contributed by atoms with Crippen molar-refractivity contribution in [3.05, 3.63) is 107 Å². The van der Waals surface area contributed by atoms with Crippen LogP contribution in [0.15, 0.2) is 72.8 Å². The minimum absolute atomic E-state index is 0.0628. The molecule has 1 aliphatic rings. The van der Waals surface area contributed by atoms with E-state index in [4.69, 9.17) is 0 Å². The highest BCUT2D eigenvalue weighted by Gasteiger charge is 2.23. The van der Waals surface area contributed by atoms with Crippen molar-refractivity contribution in [3.8, 4) is 11.1 Å². The first kappa shape index (κ1) is 23.0. The van der Waals surface area contributed by atoms with Gasteiger partial charge >= 0.3 is 0 Å². The van der Waals surface area contributed by atoms with E-state index in [0.717, 1.165) is 42.2 Å². The molecule has 0 amide bonds. The molecule has 1 atom stereocenters. The Labute approximate surface area is 192 Å². The first-order chi connectivity index (χ1) is 15.9. The third-order valence-electron chi connectivity index (χ3n) is 6.07. The smallest absolute Gasteiger partial charge is 0.131 e. The maximum absolute atomic E-state index is 15.0. The zero-order valence-electron chi connectivity index (χ0n) is 18.6. The molecule has 0 saturated heterocycles. The van der Waals surface area contributed by atoms with E-state index in [-0.39, 0.29) is 17.6 Å². The summed E-state index contributed by atoms with van der Waals surface area (Å²) < 4.78 is 56.9. The summed E-state index contributed by atoms with van der Waals surface area (Å²) in [5.41, 5.74) is 4.15. The van der Waals surface area contributed by atoms with Crippen LogP contribution in [0.1, 0.15) is 49.3 Å². The second-order valence-electron chi connectivity index (χ2n) is 8.49. The van der Waals surface area contributed by atoms with Gasteiger partial charge in [-0.2, -0.15) is 0 Å². The molecular formula is C29H26F4. The fraction of sp³-hybridized carbons (Fsp3) is 0.241. The van der Waals surface area contributed by atoms with Crippen molar-refractivity contribution in [2.45, 2.75) is 45.2 Å². The number of unbranched alkanes of at least 4 members (excludes halogenated alkanes) is 2. The molecule has 0 aliphatic heterocycles. The lowest BCUT2D eigenvalue weighted by Gasteiger charge is -2.20. The van der Waals surface area contributed by atoms with Crippen molar-refractivity contribution in [1.82, 2.24) is 0 Å². The van der Waals surface area contributed by atoms with Gasteiger partial charge in [-0.3, -0.25) is 0 Å². The maximum Gasteiger partial charge on any atom is 0.131 e. The van der Waals surface area contributed by atoms with E-state index < -0.39 is 23.6 Å². The predicted molar refractivity (Wildman–Crippen MR) is 127 cm³/mol. The molecule has 170 valence electrons. The predicted octanol–water partition coefficient (Wildman–Crippen LogP) is 8.71. The number of aryl methyl sites for hydroxylation is 1. The van der Waals surface area contributed by atoms with E-state index in [1.54, 1.807) is 12.1 Å². The molecule has 1 unspecified atom stereocenters. The van der Waals surface area contributed by atoms with Crippen LogP contribution < -0.4 is 0 Å². The lowest BCUT2D eigenvalue weighted by molar-refractivity contribution is 0.417. The molecular weight excluding hydrogens is 424 g/mol. The molecule has 0 heterocycles. The van der Waals surface area contributed by atoms with Crippen LogP contribution in [0.4, 0.5) is 17.6 Å². The number of halogens is 4. The van der Waals surface area contributed by atoms with Crippen LogP contribution in [0.5, 0.6) is 0 Å². The summed E-state index contributed by atoms with van der Waals surface area (Å²) in [5, 5.41) is 0. The number of hydrogen-bond acceptors (Lipinski definition) is 0. The fourth-order valence-electron chi connectivity index (χ4n) is 4.26. The lowest BCUT2D eigenvalue weighted by atomic mass is 9.87. The Bertz CT molecular complexity index is 1170. The first-order valence-electron chi connectivity index (χ1n) is 11.3. The first-order valence-corrected chi connectivity index (χ1v) is 11.3. The highest BCUT2D eigenvalue weighted by molar-refractivity contribution is 5.81. The molecule has 0 radical (unpaired) electrons. The van der Waals surface area contributed by atoms with Crippen LogP contribution in [0.2, 0.25) is 0 Å². The van der Waals surface area contributed by atoms with Crippen molar-refractivity contribution in [1.29, 1.82) is 0 Å². The second kappa shape index (κ2) is 10.2. The van der Waals surface area contributed by atoms with Gasteiger partial charge in [0.15, 0.2) is 0 Å². The fourth-order valence-corrected chi connectivity index (χ4v) is 4.26. The normalized spacial score (nSPS) is 15.8. The minimum atomic E-state index is -1.48. The molecule has 0 nitrogen and oxygen atoms in total. The van der Waals surface area contributed by atoms with E-state index in [1.807, 2.05) is 18.2 Å². The van der Waals surface area contributed by atoms with Gasteiger partial charge in [0.1, 0.15) is 23.6 Å². The van der Waals surface area contributed by atoms with Crippen molar-refractivity contribution in [2.75, 3.05) is 0 Å². The van der Waals surface area contributed by atoms with Crippen molar-refractivity contribution in [3.63, 3.8) is 0 Å². The Morgan fingerprint density at radius 1 is 0.758 bits per heavy atom. The van der Waals surface area contributed by atoms with Crippen molar-refractivity contribution < 1.29 is 17.6 Å². The lowest BCUT2D eigenvalue weighted by Crippen LogP contribution is -2.10. The van der Waals surface area contributed by atoms with E-state index in [2.05, 4.69) is 19.1 Å². The molecule has 33 heavy (non-hydrogen) atoms. The van der Waals surface area contributed by atoms with Crippen LogP contribution in [-0.4, -0.2) is 6.17 Å². The second-order valence-corrected chi connectivity index (χ2v) is 8.49. The van der Waals surface area contributed by atoms with Crippen LogP contribution >= 0.6 is 0 Å². The largest absolute Gasteiger partial charge is 0.242 e. The quantitative estimate of drug-likeness (QED) is 0.249. The SMILES string of the molecule is CCCCCc1ccc(-c2ccc(C3=CC=C(c4cc(F)cc(F)c4)C(F)C3)c(F)c2)cc1. The summed E-state index contributed by atoms with van der Waals surface area (Å²) in [6.45, 7) is 2.18. The highest BCUT2D eigenvalue weighted by Crippen LogP contribution is 2.36.